The fraction of sp³-hybridized carbons (Fsp3) is 0.444. The van der Waals surface area contributed by atoms with E-state index in [2.05, 4.69) is 4.98 Å². The Kier molecular flexibility index (Phi) is 1.41. The lowest BCUT2D eigenvalue weighted by molar-refractivity contribution is 0.580. The van der Waals surface area contributed by atoms with Gasteiger partial charge in [-0.2, -0.15) is 4.39 Å². The quantitative estimate of drug-likeness (QED) is 0.561. The van der Waals surface area contributed by atoms with Gasteiger partial charge in [0.15, 0.2) is 0 Å². The molecule has 0 spiro atoms. The van der Waals surface area contributed by atoms with E-state index in [4.69, 9.17) is 0 Å². The molecule has 1 saturated carbocycles. The number of pyridine rings is 1. The predicted molar refractivity (Wildman–Crippen MR) is 40.9 cm³/mol. The van der Waals surface area contributed by atoms with Crippen LogP contribution in [0.15, 0.2) is 12.3 Å². The number of aryl methyl sites for hydroxylation is 1. The molecule has 1 aliphatic carbocycles. The van der Waals surface area contributed by atoms with Gasteiger partial charge in [-0.25, -0.2) is 4.98 Å². The van der Waals surface area contributed by atoms with Crippen molar-refractivity contribution in [3.63, 3.8) is 0 Å². The van der Waals surface area contributed by atoms with Gasteiger partial charge in [-0.15, -0.1) is 0 Å². The first kappa shape index (κ1) is 6.77. The molecule has 1 aromatic rings. The van der Waals surface area contributed by atoms with E-state index < -0.39 is 0 Å². The normalized spacial score (nSPS) is 16.9. The summed E-state index contributed by atoms with van der Waals surface area (Å²) in [5, 5.41) is 0. The molecule has 0 atom stereocenters. The van der Waals surface area contributed by atoms with Gasteiger partial charge in [-0.3, -0.25) is 0 Å². The summed E-state index contributed by atoms with van der Waals surface area (Å²) in [7, 11) is 0. The molecule has 58 valence electrons. The van der Waals surface area contributed by atoms with E-state index in [9.17, 15) is 4.39 Å². The van der Waals surface area contributed by atoms with Gasteiger partial charge in [-0.1, -0.05) is 0 Å². The molecule has 11 heavy (non-hydrogen) atoms. The molecule has 0 aromatic carbocycles. The summed E-state index contributed by atoms with van der Waals surface area (Å²) in [5.74, 6) is 0.301. The van der Waals surface area contributed by atoms with Crippen LogP contribution in [0.1, 0.15) is 29.9 Å². The number of halogens is 1. The molecule has 0 saturated heterocycles. The Morgan fingerprint density at radius 3 is 2.82 bits per heavy atom. The highest BCUT2D eigenvalue weighted by molar-refractivity contribution is 5.29. The molecular weight excluding hydrogens is 141 g/mol. The van der Waals surface area contributed by atoms with E-state index in [0.29, 0.717) is 5.92 Å². The second-order valence-corrected chi connectivity index (χ2v) is 3.14. The van der Waals surface area contributed by atoms with Gasteiger partial charge in [0.1, 0.15) is 0 Å². The minimum atomic E-state index is -0.369. The highest BCUT2D eigenvalue weighted by Gasteiger charge is 2.25. The minimum absolute atomic E-state index is 0.369. The topological polar surface area (TPSA) is 12.9 Å². The van der Waals surface area contributed by atoms with Gasteiger partial charge in [0.25, 0.3) is 0 Å². The molecule has 0 unspecified atom stereocenters. The van der Waals surface area contributed by atoms with Crippen LogP contribution in [0.3, 0.4) is 0 Å². The van der Waals surface area contributed by atoms with Crippen molar-refractivity contribution >= 4 is 0 Å². The summed E-state index contributed by atoms with van der Waals surface area (Å²) >= 11 is 0. The van der Waals surface area contributed by atoms with Crippen LogP contribution in [0.5, 0.6) is 0 Å². The predicted octanol–water partition coefficient (Wildman–Crippen LogP) is 2.41. The minimum Gasteiger partial charge on any atom is -0.228 e. The first-order valence-corrected chi connectivity index (χ1v) is 3.89. The third kappa shape index (κ3) is 1.25. The summed E-state index contributed by atoms with van der Waals surface area (Å²) in [4.78, 5) is 3.63. The van der Waals surface area contributed by atoms with Crippen molar-refractivity contribution in [1.29, 1.82) is 0 Å². The number of rotatable bonds is 1. The van der Waals surface area contributed by atoms with Crippen molar-refractivity contribution in [2.24, 2.45) is 0 Å². The number of hydrogen-bond donors (Lipinski definition) is 0. The van der Waals surface area contributed by atoms with Crippen molar-refractivity contribution in [2.75, 3.05) is 0 Å². The van der Waals surface area contributed by atoms with Gasteiger partial charge < -0.3 is 0 Å². The Morgan fingerprint density at radius 1 is 1.55 bits per heavy atom. The van der Waals surface area contributed by atoms with Crippen LogP contribution in [0, 0.1) is 12.9 Å². The second-order valence-electron chi connectivity index (χ2n) is 3.14. The highest BCUT2D eigenvalue weighted by Crippen LogP contribution is 2.41. The van der Waals surface area contributed by atoms with Crippen LogP contribution in [0.4, 0.5) is 4.39 Å². The molecule has 1 aliphatic rings. The average molecular weight is 151 g/mol. The molecule has 0 bridgehead atoms. The maximum absolute atomic E-state index is 12.5. The molecule has 0 aliphatic heterocycles. The summed E-state index contributed by atoms with van der Waals surface area (Å²) in [6.45, 7) is 1.94. The summed E-state index contributed by atoms with van der Waals surface area (Å²) in [6, 6.07) is 1.51. The molecule has 1 fully saturated rings. The zero-order valence-corrected chi connectivity index (χ0v) is 6.47. The Labute approximate surface area is 65.3 Å². The SMILES string of the molecule is Cc1cc(F)ncc1C1CC1. The lowest BCUT2D eigenvalue weighted by atomic mass is 10.1. The van der Waals surface area contributed by atoms with Crippen LogP contribution in [-0.4, -0.2) is 4.98 Å². The maximum atomic E-state index is 12.5. The Morgan fingerprint density at radius 2 is 2.27 bits per heavy atom. The summed E-state index contributed by atoms with van der Waals surface area (Å²) < 4.78 is 12.5. The summed E-state index contributed by atoms with van der Waals surface area (Å²) in [6.07, 6.45) is 4.16. The number of nitrogens with zero attached hydrogens (tertiary/aromatic N) is 1. The Hall–Kier alpha value is -0.920. The lowest BCUT2D eigenvalue weighted by Gasteiger charge is -2.01. The fourth-order valence-electron chi connectivity index (χ4n) is 1.35. The standard InChI is InChI=1S/C9H10FN/c1-6-4-9(10)11-5-8(6)7-2-3-7/h4-5,7H,2-3H2,1H3. The highest BCUT2D eigenvalue weighted by atomic mass is 19.1. The third-order valence-electron chi connectivity index (χ3n) is 2.14. The zero-order valence-electron chi connectivity index (χ0n) is 6.47. The van der Waals surface area contributed by atoms with Crippen molar-refractivity contribution in [2.45, 2.75) is 25.7 Å². The lowest BCUT2D eigenvalue weighted by Crippen LogP contribution is -1.90. The first-order chi connectivity index (χ1) is 5.27. The van der Waals surface area contributed by atoms with Gasteiger partial charge in [0.05, 0.1) is 0 Å². The molecule has 0 amide bonds. The van der Waals surface area contributed by atoms with Crippen molar-refractivity contribution < 1.29 is 4.39 Å². The first-order valence-electron chi connectivity index (χ1n) is 3.89. The third-order valence-corrected chi connectivity index (χ3v) is 2.14. The molecule has 0 radical (unpaired) electrons. The largest absolute Gasteiger partial charge is 0.228 e. The van der Waals surface area contributed by atoms with Gasteiger partial charge in [-0.05, 0) is 42.9 Å². The second kappa shape index (κ2) is 2.29. The van der Waals surface area contributed by atoms with E-state index in [0.717, 1.165) is 5.56 Å². The van der Waals surface area contributed by atoms with E-state index in [1.807, 2.05) is 6.92 Å². The van der Waals surface area contributed by atoms with E-state index in [1.54, 1.807) is 6.20 Å². The number of aromatic nitrogens is 1. The molecule has 2 rings (SSSR count). The molecular formula is C9H10FN. The Balaban J connectivity index is 2.39. The van der Waals surface area contributed by atoms with E-state index >= 15 is 0 Å². The van der Waals surface area contributed by atoms with Crippen molar-refractivity contribution in [3.8, 4) is 0 Å². The van der Waals surface area contributed by atoms with Gasteiger partial charge in [0.2, 0.25) is 5.95 Å². The smallest absolute Gasteiger partial charge is 0.213 e. The van der Waals surface area contributed by atoms with Crippen LogP contribution in [-0.2, 0) is 0 Å². The monoisotopic (exact) mass is 151 g/mol. The molecule has 0 N–H and O–H groups in total. The summed E-state index contributed by atoms with van der Waals surface area (Å²) in [5.41, 5.74) is 2.27. The van der Waals surface area contributed by atoms with Crippen molar-refractivity contribution in [3.05, 3.63) is 29.3 Å². The average Bonchev–Trinajstić information content (AvgIpc) is 2.70. The van der Waals surface area contributed by atoms with Crippen LogP contribution in [0.25, 0.3) is 0 Å². The van der Waals surface area contributed by atoms with Gasteiger partial charge in [0, 0.05) is 6.20 Å². The van der Waals surface area contributed by atoms with Crippen LogP contribution in [0.2, 0.25) is 0 Å². The molecule has 2 heteroatoms. The van der Waals surface area contributed by atoms with Gasteiger partial charge >= 0.3 is 0 Å². The van der Waals surface area contributed by atoms with Crippen LogP contribution < -0.4 is 0 Å². The molecule has 1 nitrogen and oxygen atoms in total. The van der Waals surface area contributed by atoms with E-state index in [1.165, 1.54) is 24.5 Å². The molecule has 1 aromatic heterocycles. The Bertz CT molecular complexity index is 279. The number of hydrogen-bond acceptors (Lipinski definition) is 1. The van der Waals surface area contributed by atoms with E-state index in [-0.39, 0.29) is 5.95 Å². The zero-order chi connectivity index (χ0) is 7.84. The molecule has 1 heterocycles. The fourth-order valence-corrected chi connectivity index (χ4v) is 1.35. The van der Waals surface area contributed by atoms with Crippen molar-refractivity contribution in [1.82, 2.24) is 4.98 Å². The maximum Gasteiger partial charge on any atom is 0.213 e. The van der Waals surface area contributed by atoms with Crippen LogP contribution >= 0.6 is 0 Å².